The highest BCUT2D eigenvalue weighted by Gasteiger charge is 2.48. The molecular weight excluding hydrogens is 544 g/mol. The van der Waals surface area contributed by atoms with Crippen LogP contribution in [0.1, 0.15) is 78.4 Å². The molecule has 6 nitrogen and oxygen atoms in total. The zero-order chi connectivity index (χ0) is 31.7. The number of nitrogens with zero attached hydrogens (tertiary/aromatic N) is 4. The van der Waals surface area contributed by atoms with Gasteiger partial charge in [0.15, 0.2) is 0 Å². The summed E-state index contributed by atoms with van der Waals surface area (Å²) in [6.45, 7) is 23.9. The minimum atomic E-state index is -0.0329. The van der Waals surface area contributed by atoms with E-state index in [4.69, 9.17) is 0 Å². The van der Waals surface area contributed by atoms with Crippen molar-refractivity contribution in [3.05, 3.63) is 82.9 Å². The van der Waals surface area contributed by atoms with Gasteiger partial charge in [0.1, 0.15) is 0 Å². The topological polar surface area (TPSA) is 40.6 Å². The molecule has 2 aliphatic rings. The van der Waals surface area contributed by atoms with Gasteiger partial charge in [-0.15, -0.1) is 0 Å². The van der Waals surface area contributed by atoms with Crippen LogP contribution in [0, 0.1) is 0 Å². The van der Waals surface area contributed by atoms with Crippen molar-refractivity contribution < 1.29 is 18.6 Å². The van der Waals surface area contributed by atoms with Gasteiger partial charge in [0.2, 0.25) is 0 Å². The first kappa shape index (κ1) is 33.7. The van der Waals surface area contributed by atoms with Crippen LogP contribution in [0.5, 0.6) is 0 Å². The summed E-state index contributed by atoms with van der Waals surface area (Å²) >= 11 is 0. The van der Waals surface area contributed by atoms with Crippen LogP contribution in [-0.4, -0.2) is 96.0 Å². The van der Waals surface area contributed by atoms with Gasteiger partial charge in [0.05, 0.1) is 74.9 Å². The molecule has 0 unspecified atom stereocenters. The molecule has 2 aliphatic heterocycles. The molecule has 0 fully saturated rings. The Hall–Kier alpha value is -3.22. The second kappa shape index (κ2) is 15.2. The predicted molar refractivity (Wildman–Crippen MR) is 182 cm³/mol. The van der Waals surface area contributed by atoms with Gasteiger partial charge in [0, 0.05) is 13.1 Å². The molecule has 0 spiro atoms. The molecule has 0 saturated carbocycles. The zero-order valence-electron chi connectivity index (χ0n) is 28.3. The molecule has 0 atom stereocenters. The number of amides is 2. The molecule has 0 saturated heterocycles. The highest BCUT2D eigenvalue weighted by molar-refractivity contribution is 6.30. The van der Waals surface area contributed by atoms with Gasteiger partial charge >= 0.3 is 0 Å². The highest BCUT2D eigenvalue weighted by atomic mass is 16.2. The van der Waals surface area contributed by atoms with Gasteiger partial charge in [-0.1, -0.05) is 60.7 Å². The predicted octanol–water partition coefficient (Wildman–Crippen LogP) is 6.81. The van der Waals surface area contributed by atoms with Crippen LogP contribution < -0.4 is 0 Å². The Morgan fingerprint density at radius 1 is 0.477 bits per heavy atom. The lowest BCUT2D eigenvalue weighted by Crippen LogP contribution is -2.48. The number of rotatable bonds is 18. The number of unbranched alkanes of at least 4 members (excludes halogenated alkanes) is 2. The third kappa shape index (κ3) is 6.72. The monoisotopic (exact) mass is 600 g/mol. The maximum absolute atomic E-state index is 14.4. The van der Waals surface area contributed by atoms with Crippen LogP contribution in [0.3, 0.4) is 0 Å². The lowest BCUT2D eigenvalue weighted by atomic mass is 10.0. The minimum Gasteiger partial charge on any atom is -0.324 e. The van der Waals surface area contributed by atoms with Gasteiger partial charge in [-0.05, 0) is 78.4 Å². The Kier molecular flexibility index (Phi) is 11.6. The molecule has 0 aromatic heterocycles. The average molecular weight is 601 g/mol. The second-order valence-electron chi connectivity index (χ2n) is 12.5. The Morgan fingerprint density at radius 3 is 1.09 bits per heavy atom. The van der Waals surface area contributed by atoms with Gasteiger partial charge in [0.25, 0.3) is 11.8 Å². The summed E-state index contributed by atoms with van der Waals surface area (Å²) < 4.78 is 2.21. The van der Waals surface area contributed by atoms with Gasteiger partial charge in [-0.3, -0.25) is 9.59 Å². The minimum absolute atomic E-state index is 0.0329. The SMILES string of the molecule is CC[N+](CC)(CC)CCCCN1C(=O)C2=C(c3ccccc3)N(CCCC[N+](CC)(CC)CC)C(=O)C2=C1c1ccccc1. The first-order valence-electron chi connectivity index (χ1n) is 17.3. The first-order valence-corrected chi connectivity index (χ1v) is 17.3. The molecule has 44 heavy (non-hydrogen) atoms. The third-order valence-electron chi connectivity index (χ3n) is 10.8. The van der Waals surface area contributed by atoms with Crippen LogP contribution >= 0.6 is 0 Å². The van der Waals surface area contributed by atoms with Crippen molar-refractivity contribution in [3.63, 3.8) is 0 Å². The van der Waals surface area contributed by atoms with Crippen LogP contribution in [0.15, 0.2) is 71.8 Å². The zero-order valence-corrected chi connectivity index (χ0v) is 28.3. The van der Waals surface area contributed by atoms with Crippen molar-refractivity contribution in [2.45, 2.75) is 67.2 Å². The maximum Gasteiger partial charge on any atom is 0.261 e. The van der Waals surface area contributed by atoms with Crippen molar-refractivity contribution in [3.8, 4) is 0 Å². The normalized spacial score (nSPS) is 15.7. The van der Waals surface area contributed by atoms with E-state index in [1.54, 1.807) is 0 Å². The fourth-order valence-electron chi connectivity index (χ4n) is 7.34. The molecule has 0 aliphatic carbocycles. The molecular formula is C38H56N4O2+2. The largest absolute Gasteiger partial charge is 0.324 e. The molecule has 0 N–H and O–H groups in total. The lowest BCUT2D eigenvalue weighted by molar-refractivity contribution is -0.923. The van der Waals surface area contributed by atoms with Crippen molar-refractivity contribution in [1.82, 2.24) is 9.80 Å². The molecule has 2 amide bonds. The fraction of sp³-hybridized carbons (Fsp3) is 0.526. The van der Waals surface area contributed by atoms with E-state index in [0.717, 1.165) is 110 Å². The molecule has 2 aromatic carbocycles. The summed E-state index contributed by atoms with van der Waals surface area (Å²) in [4.78, 5) is 32.7. The van der Waals surface area contributed by atoms with E-state index in [1.165, 1.54) is 0 Å². The van der Waals surface area contributed by atoms with Crippen molar-refractivity contribution in [2.24, 2.45) is 0 Å². The van der Waals surface area contributed by atoms with Crippen LogP contribution in [-0.2, 0) is 9.59 Å². The molecule has 4 rings (SSSR count). The summed E-state index contributed by atoms with van der Waals surface area (Å²) in [5, 5.41) is 0. The van der Waals surface area contributed by atoms with Gasteiger partial charge in [-0.25, -0.2) is 0 Å². The van der Waals surface area contributed by atoms with Crippen LogP contribution in [0.2, 0.25) is 0 Å². The molecule has 2 heterocycles. The molecule has 2 aromatic rings. The van der Waals surface area contributed by atoms with E-state index in [2.05, 4.69) is 41.5 Å². The number of carbonyl (C=O) groups excluding carboxylic acids is 2. The number of carbonyl (C=O) groups is 2. The Morgan fingerprint density at radius 2 is 0.795 bits per heavy atom. The third-order valence-corrected chi connectivity index (χ3v) is 10.8. The molecule has 0 bridgehead atoms. The maximum atomic E-state index is 14.4. The van der Waals surface area contributed by atoms with Crippen LogP contribution in [0.25, 0.3) is 11.4 Å². The fourth-order valence-corrected chi connectivity index (χ4v) is 7.34. The summed E-state index contributed by atoms with van der Waals surface area (Å²) in [6, 6.07) is 20.1. The Bertz CT molecular complexity index is 1200. The Labute approximate surface area is 266 Å². The van der Waals surface area contributed by atoms with Crippen molar-refractivity contribution in [2.75, 3.05) is 65.4 Å². The highest BCUT2D eigenvalue weighted by Crippen LogP contribution is 2.46. The van der Waals surface area contributed by atoms with E-state index in [9.17, 15) is 9.59 Å². The first-order chi connectivity index (χ1) is 21.3. The summed E-state index contributed by atoms with van der Waals surface area (Å²) in [7, 11) is 0. The number of fused-ring (bicyclic) bond motifs is 1. The van der Waals surface area contributed by atoms with Crippen LogP contribution in [0.4, 0.5) is 0 Å². The number of quaternary nitrogens is 2. The van der Waals surface area contributed by atoms with E-state index in [1.807, 2.05) is 70.5 Å². The quantitative estimate of drug-likeness (QED) is 0.139. The number of benzene rings is 2. The van der Waals surface area contributed by atoms with E-state index in [0.29, 0.717) is 24.2 Å². The van der Waals surface area contributed by atoms with E-state index in [-0.39, 0.29) is 11.8 Å². The molecule has 0 radical (unpaired) electrons. The van der Waals surface area contributed by atoms with E-state index >= 15 is 0 Å². The standard InChI is InChI=1S/C38H56N4O2/c1-7-41(8-2,9-3)29-21-19-27-39-35(31-23-15-13-16-24-31)33-34(37(39)43)36(32-25-17-14-18-26-32)40(38(33)44)28-20-22-30-42(10-4,11-5)12-6/h13-18,23-26H,7-12,19-22,27-30H2,1-6H3/q+2. The smallest absolute Gasteiger partial charge is 0.261 e. The summed E-state index contributed by atoms with van der Waals surface area (Å²) in [5.41, 5.74) is 4.61. The van der Waals surface area contributed by atoms with E-state index < -0.39 is 0 Å². The Balaban J connectivity index is 1.67. The summed E-state index contributed by atoms with van der Waals surface area (Å²) in [6.07, 6.45) is 3.92. The summed E-state index contributed by atoms with van der Waals surface area (Å²) in [5.74, 6) is -0.0659. The number of hydrogen-bond donors (Lipinski definition) is 0. The second-order valence-corrected chi connectivity index (χ2v) is 12.5. The molecule has 6 heteroatoms. The molecule has 238 valence electrons. The van der Waals surface area contributed by atoms with Crippen molar-refractivity contribution >= 4 is 23.2 Å². The lowest BCUT2D eigenvalue weighted by Gasteiger charge is -2.36. The van der Waals surface area contributed by atoms with Gasteiger partial charge in [-0.2, -0.15) is 0 Å². The average Bonchev–Trinajstić information content (AvgIpc) is 3.52. The van der Waals surface area contributed by atoms with Crippen molar-refractivity contribution in [1.29, 1.82) is 0 Å². The number of hydrogen-bond acceptors (Lipinski definition) is 2. The van der Waals surface area contributed by atoms with Gasteiger partial charge < -0.3 is 18.8 Å².